The van der Waals surface area contributed by atoms with Crippen molar-refractivity contribution in [3.05, 3.63) is 34.9 Å². The van der Waals surface area contributed by atoms with Crippen molar-refractivity contribution in [3.63, 3.8) is 0 Å². The van der Waals surface area contributed by atoms with Crippen molar-refractivity contribution in [3.8, 4) is 6.07 Å². The smallest absolute Gasteiger partial charge is 0.321 e. The van der Waals surface area contributed by atoms with Gasteiger partial charge < -0.3 is 5.11 Å². The summed E-state index contributed by atoms with van der Waals surface area (Å²) in [6.45, 7) is 0. The van der Waals surface area contributed by atoms with Crippen LogP contribution in [0.1, 0.15) is 5.56 Å². The molecular weight excluding hydrogens is 202 g/mol. The van der Waals surface area contributed by atoms with Gasteiger partial charge in [0, 0.05) is 5.02 Å². The molecule has 0 bridgehead atoms. The molecule has 0 unspecified atom stereocenters. The van der Waals surface area contributed by atoms with Crippen LogP contribution in [-0.4, -0.2) is 11.1 Å². The predicted molar refractivity (Wildman–Crippen MR) is 51.9 cm³/mol. The summed E-state index contributed by atoms with van der Waals surface area (Å²) >= 11 is 5.72. The van der Waals surface area contributed by atoms with Gasteiger partial charge in [-0.2, -0.15) is 5.26 Å². The number of carbonyl (C=O) groups is 1. The van der Waals surface area contributed by atoms with Crippen molar-refractivity contribution in [2.75, 3.05) is 0 Å². The summed E-state index contributed by atoms with van der Waals surface area (Å²) < 4.78 is 0. The Bertz CT molecular complexity index is 384. The van der Waals surface area contributed by atoms with E-state index >= 15 is 0 Å². The molecule has 0 heterocycles. The molecule has 1 N–H and O–H groups in total. The molecule has 0 saturated carbocycles. The minimum absolute atomic E-state index is 0.187. The number of aliphatic carboxylic acids is 1. The lowest BCUT2D eigenvalue weighted by atomic mass is 10.0. The molecular formula is C10H8ClNO2. The van der Waals surface area contributed by atoms with E-state index in [0.29, 0.717) is 5.02 Å². The van der Waals surface area contributed by atoms with E-state index < -0.39 is 11.9 Å². The maximum Gasteiger partial charge on any atom is 0.321 e. The number of halogens is 1. The Balaban J connectivity index is 2.78. The fraction of sp³-hybridized carbons (Fsp3) is 0.200. The van der Waals surface area contributed by atoms with E-state index in [9.17, 15) is 4.79 Å². The van der Waals surface area contributed by atoms with Gasteiger partial charge in [-0.1, -0.05) is 23.7 Å². The van der Waals surface area contributed by atoms with Crippen molar-refractivity contribution in [1.82, 2.24) is 0 Å². The molecule has 1 atom stereocenters. The van der Waals surface area contributed by atoms with Crippen LogP contribution in [0.15, 0.2) is 24.3 Å². The number of carboxylic acids is 1. The summed E-state index contributed by atoms with van der Waals surface area (Å²) in [6.07, 6.45) is 0.187. The second kappa shape index (κ2) is 4.64. The average Bonchev–Trinajstić information content (AvgIpc) is 2.14. The summed E-state index contributed by atoms with van der Waals surface area (Å²) in [4.78, 5) is 10.6. The molecule has 0 aliphatic carbocycles. The number of carboxylic acid groups (broad SMARTS) is 1. The number of nitrogens with zero attached hydrogens (tertiary/aromatic N) is 1. The highest BCUT2D eigenvalue weighted by molar-refractivity contribution is 6.30. The quantitative estimate of drug-likeness (QED) is 0.830. The Morgan fingerprint density at radius 1 is 1.64 bits per heavy atom. The van der Waals surface area contributed by atoms with E-state index in [0.717, 1.165) is 5.56 Å². The molecule has 1 aromatic rings. The summed E-state index contributed by atoms with van der Waals surface area (Å²) in [5, 5.41) is 17.8. The number of hydrogen-bond acceptors (Lipinski definition) is 2. The zero-order valence-electron chi connectivity index (χ0n) is 7.27. The molecule has 0 saturated heterocycles. The first-order chi connectivity index (χ1) is 6.63. The largest absolute Gasteiger partial charge is 0.480 e. The highest BCUT2D eigenvalue weighted by Gasteiger charge is 2.16. The first kappa shape index (κ1) is 10.6. The molecule has 14 heavy (non-hydrogen) atoms. The molecule has 1 rings (SSSR count). The molecule has 3 nitrogen and oxygen atoms in total. The Morgan fingerprint density at radius 3 is 2.86 bits per heavy atom. The van der Waals surface area contributed by atoms with Crippen LogP contribution in [0.3, 0.4) is 0 Å². The van der Waals surface area contributed by atoms with E-state index in [4.69, 9.17) is 22.0 Å². The van der Waals surface area contributed by atoms with E-state index in [1.165, 1.54) is 0 Å². The van der Waals surface area contributed by atoms with E-state index in [1.54, 1.807) is 30.3 Å². The van der Waals surface area contributed by atoms with Crippen LogP contribution in [0.5, 0.6) is 0 Å². The van der Waals surface area contributed by atoms with Gasteiger partial charge in [-0.15, -0.1) is 0 Å². The number of rotatable bonds is 3. The molecule has 0 radical (unpaired) electrons. The summed E-state index contributed by atoms with van der Waals surface area (Å²) in [5.74, 6) is -2.11. The van der Waals surface area contributed by atoms with Crippen LogP contribution >= 0.6 is 11.6 Å². The van der Waals surface area contributed by atoms with Crippen LogP contribution in [0.25, 0.3) is 0 Å². The Morgan fingerprint density at radius 2 is 2.36 bits per heavy atom. The number of hydrogen-bond donors (Lipinski definition) is 1. The predicted octanol–water partition coefficient (Wildman–Crippen LogP) is 2.11. The highest BCUT2D eigenvalue weighted by Crippen LogP contribution is 2.14. The lowest BCUT2D eigenvalue weighted by molar-refractivity contribution is -0.139. The van der Waals surface area contributed by atoms with Gasteiger partial charge in [-0.05, 0) is 24.1 Å². The van der Waals surface area contributed by atoms with Crippen molar-refractivity contribution >= 4 is 17.6 Å². The van der Waals surface area contributed by atoms with Gasteiger partial charge in [0.15, 0.2) is 0 Å². The standard InChI is InChI=1S/C10H8ClNO2/c11-9-3-1-2-7(5-9)4-8(6-12)10(13)14/h1-3,5,8H,4H2,(H,13,14)/t8-/m1/s1. The second-order valence-corrected chi connectivity index (χ2v) is 3.29. The van der Waals surface area contributed by atoms with Crippen molar-refractivity contribution in [1.29, 1.82) is 5.26 Å². The van der Waals surface area contributed by atoms with Gasteiger partial charge >= 0.3 is 5.97 Å². The summed E-state index contributed by atoms with van der Waals surface area (Å²) in [6, 6.07) is 8.57. The molecule has 72 valence electrons. The SMILES string of the molecule is N#C[C@@H](Cc1cccc(Cl)c1)C(=O)O. The van der Waals surface area contributed by atoms with E-state index in [1.807, 2.05) is 0 Å². The van der Waals surface area contributed by atoms with E-state index in [2.05, 4.69) is 0 Å². The Kier molecular flexibility index (Phi) is 3.49. The normalized spacial score (nSPS) is 11.7. The first-order valence-electron chi connectivity index (χ1n) is 4.00. The zero-order chi connectivity index (χ0) is 10.6. The third kappa shape index (κ3) is 2.75. The van der Waals surface area contributed by atoms with Crippen molar-refractivity contribution < 1.29 is 9.90 Å². The molecule has 0 spiro atoms. The van der Waals surface area contributed by atoms with Gasteiger partial charge in [0.1, 0.15) is 5.92 Å². The third-order valence-corrected chi connectivity index (χ3v) is 2.02. The maximum absolute atomic E-state index is 10.6. The second-order valence-electron chi connectivity index (χ2n) is 2.85. The van der Waals surface area contributed by atoms with Crippen LogP contribution < -0.4 is 0 Å². The van der Waals surface area contributed by atoms with Gasteiger partial charge in [0.25, 0.3) is 0 Å². The van der Waals surface area contributed by atoms with Gasteiger partial charge in [0.2, 0.25) is 0 Å². The minimum Gasteiger partial charge on any atom is -0.480 e. The molecule has 1 aromatic carbocycles. The Labute approximate surface area is 86.5 Å². The average molecular weight is 210 g/mol. The zero-order valence-corrected chi connectivity index (χ0v) is 8.03. The molecule has 0 aliphatic rings. The fourth-order valence-electron chi connectivity index (χ4n) is 1.09. The van der Waals surface area contributed by atoms with Crippen LogP contribution in [0.2, 0.25) is 5.02 Å². The first-order valence-corrected chi connectivity index (χ1v) is 4.38. The topological polar surface area (TPSA) is 61.1 Å². The lowest BCUT2D eigenvalue weighted by Gasteiger charge is -2.03. The van der Waals surface area contributed by atoms with Crippen LogP contribution in [0.4, 0.5) is 0 Å². The monoisotopic (exact) mass is 209 g/mol. The minimum atomic E-state index is -1.10. The van der Waals surface area contributed by atoms with Gasteiger partial charge in [-0.3, -0.25) is 4.79 Å². The number of benzene rings is 1. The lowest BCUT2D eigenvalue weighted by Crippen LogP contribution is -2.14. The van der Waals surface area contributed by atoms with Crippen LogP contribution in [0, 0.1) is 17.2 Å². The maximum atomic E-state index is 10.6. The fourth-order valence-corrected chi connectivity index (χ4v) is 1.30. The molecule has 0 aliphatic heterocycles. The van der Waals surface area contributed by atoms with Crippen molar-refractivity contribution in [2.24, 2.45) is 5.92 Å². The Hall–Kier alpha value is -1.53. The van der Waals surface area contributed by atoms with Gasteiger partial charge in [-0.25, -0.2) is 0 Å². The van der Waals surface area contributed by atoms with Crippen molar-refractivity contribution in [2.45, 2.75) is 6.42 Å². The molecule has 0 amide bonds. The number of nitriles is 1. The molecule has 4 heteroatoms. The third-order valence-electron chi connectivity index (χ3n) is 1.78. The molecule has 0 fully saturated rings. The van der Waals surface area contributed by atoms with E-state index in [-0.39, 0.29) is 6.42 Å². The highest BCUT2D eigenvalue weighted by atomic mass is 35.5. The molecule has 0 aromatic heterocycles. The summed E-state index contributed by atoms with van der Waals surface area (Å²) in [5.41, 5.74) is 0.756. The van der Waals surface area contributed by atoms with Gasteiger partial charge in [0.05, 0.1) is 6.07 Å². The summed E-state index contributed by atoms with van der Waals surface area (Å²) in [7, 11) is 0. The van der Waals surface area contributed by atoms with Crippen LogP contribution in [-0.2, 0) is 11.2 Å².